The Morgan fingerprint density at radius 3 is 2.56 bits per heavy atom. The van der Waals surface area contributed by atoms with Gasteiger partial charge in [-0.2, -0.15) is 5.10 Å². The van der Waals surface area contributed by atoms with Crippen molar-refractivity contribution in [2.75, 3.05) is 0 Å². The zero-order valence-electron chi connectivity index (χ0n) is 17.2. The third kappa shape index (κ3) is 4.00. The molecule has 1 unspecified atom stereocenters. The Bertz CT molecular complexity index is 1420. The first-order valence-corrected chi connectivity index (χ1v) is 10.4. The Morgan fingerprint density at radius 1 is 0.969 bits per heavy atom. The molecule has 0 aliphatic heterocycles. The summed E-state index contributed by atoms with van der Waals surface area (Å²) in [5, 5.41) is 8.48. The number of hydrogen-bond donors (Lipinski definition) is 2. The summed E-state index contributed by atoms with van der Waals surface area (Å²) in [6.45, 7) is -0.171. The van der Waals surface area contributed by atoms with Crippen molar-refractivity contribution in [3.8, 4) is 0 Å². The molecule has 0 saturated heterocycles. The molecule has 0 aliphatic rings. The molecule has 2 aromatic heterocycles. The third-order valence-corrected chi connectivity index (χ3v) is 5.41. The average Bonchev–Trinajstić information content (AvgIpc) is 3.26. The van der Waals surface area contributed by atoms with E-state index in [1.165, 1.54) is 4.68 Å². The topological polar surface area (TPSA) is 92.7 Å². The highest BCUT2D eigenvalue weighted by molar-refractivity contribution is 5.81. The van der Waals surface area contributed by atoms with Crippen LogP contribution in [0.15, 0.2) is 89.9 Å². The first-order valence-electron chi connectivity index (χ1n) is 10.4. The highest BCUT2D eigenvalue weighted by Crippen LogP contribution is 2.20. The Morgan fingerprint density at radius 2 is 1.72 bits per heavy atom. The minimum Gasteiger partial charge on any atom is -0.344 e. The number of fused-ring (bicyclic) bond motifs is 2. The van der Waals surface area contributed by atoms with Gasteiger partial charge in [0.05, 0.1) is 28.7 Å². The molecule has 0 saturated carbocycles. The van der Waals surface area contributed by atoms with Gasteiger partial charge in [0.2, 0.25) is 5.91 Å². The predicted octanol–water partition coefficient (Wildman–Crippen LogP) is 3.37. The second kappa shape index (κ2) is 8.47. The van der Waals surface area contributed by atoms with Crippen LogP contribution in [-0.4, -0.2) is 25.7 Å². The monoisotopic (exact) mass is 423 g/mol. The van der Waals surface area contributed by atoms with Crippen LogP contribution in [0.5, 0.6) is 0 Å². The maximum atomic E-state index is 12.9. The van der Waals surface area contributed by atoms with Gasteiger partial charge in [-0.3, -0.25) is 9.59 Å². The van der Waals surface area contributed by atoms with Gasteiger partial charge in [-0.1, -0.05) is 60.7 Å². The summed E-state index contributed by atoms with van der Waals surface area (Å²) in [6, 6.07) is 24.5. The molecule has 2 heterocycles. The van der Waals surface area contributed by atoms with Crippen molar-refractivity contribution in [1.29, 1.82) is 0 Å². The maximum absolute atomic E-state index is 12.9. The lowest BCUT2D eigenvalue weighted by Crippen LogP contribution is -2.36. The van der Waals surface area contributed by atoms with Crippen LogP contribution in [-0.2, 0) is 17.8 Å². The fourth-order valence-corrected chi connectivity index (χ4v) is 3.82. The van der Waals surface area contributed by atoms with E-state index < -0.39 is 0 Å². The van der Waals surface area contributed by atoms with E-state index in [0.29, 0.717) is 17.6 Å². The zero-order chi connectivity index (χ0) is 21.9. The zero-order valence-corrected chi connectivity index (χ0v) is 17.2. The lowest BCUT2D eigenvalue weighted by Gasteiger charge is -2.17. The van der Waals surface area contributed by atoms with E-state index in [9.17, 15) is 9.59 Å². The highest BCUT2D eigenvalue weighted by atomic mass is 16.2. The van der Waals surface area contributed by atoms with Crippen LogP contribution >= 0.6 is 0 Å². The summed E-state index contributed by atoms with van der Waals surface area (Å²) in [5.74, 6) is 0.360. The van der Waals surface area contributed by atoms with Gasteiger partial charge in [0, 0.05) is 5.39 Å². The van der Waals surface area contributed by atoms with E-state index in [1.807, 2.05) is 66.7 Å². The van der Waals surface area contributed by atoms with Crippen LogP contribution in [0.4, 0.5) is 0 Å². The molecular formula is C25H21N5O2. The molecule has 0 bridgehead atoms. The van der Waals surface area contributed by atoms with E-state index in [1.54, 1.807) is 18.3 Å². The second-order valence-corrected chi connectivity index (χ2v) is 7.64. The number of rotatable bonds is 6. The van der Waals surface area contributed by atoms with Gasteiger partial charge in [-0.15, -0.1) is 0 Å². The molecular weight excluding hydrogens is 402 g/mol. The second-order valence-electron chi connectivity index (χ2n) is 7.64. The summed E-state index contributed by atoms with van der Waals surface area (Å²) in [5.41, 5.74) is 2.52. The van der Waals surface area contributed by atoms with Gasteiger partial charge in [-0.05, 0) is 30.2 Å². The third-order valence-electron chi connectivity index (χ3n) is 5.41. The van der Waals surface area contributed by atoms with Gasteiger partial charge >= 0.3 is 0 Å². The van der Waals surface area contributed by atoms with Crippen LogP contribution in [0.25, 0.3) is 21.8 Å². The first kappa shape index (κ1) is 19.7. The summed E-state index contributed by atoms with van der Waals surface area (Å²) in [7, 11) is 0. The van der Waals surface area contributed by atoms with E-state index in [2.05, 4.69) is 20.4 Å². The molecule has 7 heteroatoms. The van der Waals surface area contributed by atoms with Crippen LogP contribution in [0.1, 0.15) is 17.4 Å². The number of H-pyrrole nitrogens is 1. The van der Waals surface area contributed by atoms with Gasteiger partial charge in [-0.25, -0.2) is 9.67 Å². The molecule has 32 heavy (non-hydrogen) atoms. The van der Waals surface area contributed by atoms with Crippen molar-refractivity contribution >= 4 is 27.7 Å². The van der Waals surface area contributed by atoms with E-state index in [0.717, 1.165) is 22.0 Å². The van der Waals surface area contributed by atoms with Gasteiger partial charge < -0.3 is 10.3 Å². The lowest BCUT2D eigenvalue weighted by atomic mass is 10.1. The highest BCUT2D eigenvalue weighted by Gasteiger charge is 2.20. The van der Waals surface area contributed by atoms with E-state index in [4.69, 9.17) is 0 Å². The molecule has 5 aromatic rings. The molecule has 0 fully saturated rings. The molecule has 7 nitrogen and oxygen atoms in total. The molecule has 2 N–H and O–H groups in total. The van der Waals surface area contributed by atoms with E-state index >= 15 is 0 Å². The fourth-order valence-electron chi connectivity index (χ4n) is 3.82. The van der Waals surface area contributed by atoms with Crippen molar-refractivity contribution < 1.29 is 4.79 Å². The SMILES string of the molecule is O=C(Cn1ncc2ccccc2c1=O)NC(Cc1ccccc1)c1nc2ccccc2[nH]1. The number of benzene rings is 3. The molecule has 0 spiro atoms. The summed E-state index contributed by atoms with van der Waals surface area (Å²) in [6.07, 6.45) is 2.16. The van der Waals surface area contributed by atoms with Crippen molar-refractivity contribution in [2.45, 2.75) is 19.0 Å². The average molecular weight is 423 g/mol. The minimum atomic E-state index is -0.381. The number of aromatic amines is 1. The van der Waals surface area contributed by atoms with Crippen LogP contribution in [0, 0.1) is 0 Å². The Balaban J connectivity index is 1.42. The molecule has 158 valence electrons. The fraction of sp³-hybridized carbons (Fsp3) is 0.120. The number of carbonyl (C=O) groups excluding carboxylic acids is 1. The summed E-state index contributed by atoms with van der Waals surface area (Å²) >= 11 is 0. The van der Waals surface area contributed by atoms with Gasteiger partial charge in [0.25, 0.3) is 5.56 Å². The van der Waals surface area contributed by atoms with Crippen molar-refractivity contribution in [1.82, 2.24) is 25.1 Å². The number of carbonyl (C=O) groups is 1. The molecule has 3 aromatic carbocycles. The number of amides is 1. The maximum Gasteiger partial charge on any atom is 0.275 e. The summed E-state index contributed by atoms with van der Waals surface area (Å²) in [4.78, 5) is 33.7. The van der Waals surface area contributed by atoms with Crippen molar-refractivity contribution in [3.05, 3.63) is 107 Å². The number of nitrogens with zero attached hydrogens (tertiary/aromatic N) is 3. The van der Waals surface area contributed by atoms with Gasteiger partial charge in [0.15, 0.2) is 0 Å². The van der Waals surface area contributed by atoms with E-state index in [-0.39, 0.29) is 24.1 Å². The largest absolute Gasteiger partial charge is 0.344 e. The number of imidazole rings is 1. The first-order chi connectivity index (χ1) is 15.7. The minimum absolute atomic E-state index is 0.171. The lowest BCUT2D eigenvalue weighted by molar-refractivity contribution is -0.122. The molecule has 0 aliphatic carbocycles. The molecule has 5 rings (SSSR count). The Hall–Kier alpha value is -4.26. The Kier molecular flexibility index (Phi) is 5.21. The van der Waals surface area contributed by atoms with Crippen molar-refractivity contribution in [3.63, 3.8) is 0 Å². The number of nitrogens with one attached hydrogen (secondary N) is 2. The summed E-state index contributed by atoms with van der Waals surface area (Å²) < 4.78 is 1.19. The molecule has 1 atom stereocenters. The number of hydrogen-bond acceptors (Lipinski definition) is 4. The Labute approximate surface area is 183 Å². The van der Waals surface area contributed by atoms with Crippen LogP contribution < -0.4 is 10.9 Å². The quantitative estimate of drug-likeness (QED) is 0.438. The number of para-hydroxylation sites is 2. The standard InChI is InChI=1S/C25H21N5O2/c31-23(16-30-25(32)19-11-5-4-10-18(19)15-26-30)27-22(14-17-8-2-1-3-9-17)24-28-20-12-6-7-13-21(20)29-24/h1-13,15,22H,14,16H2,(H,27,31)(H,28,29). The molecule has 1 amide bonds. The predicted molar refractivity (Wildman–Crippen MR) is 123 cm³/mol. The number of aromatic nitrogens is 4. The van der Waals surface area contributed by atoms with Crippen molar-refractivity contribution in [2.24, 2.45) is 0 Å². The molecule has 0 radical (unpaired) electrons. The van der Waals surface area contributed by atoms with Crippen LogP contribution in [0.3, 0.4) is 0 Å². The van der Waals surface area contributed by atoms with Crippen LogP contribution in [0.2, 0.25) is 0 Å². The normalized spacial score (nSPS) is 12.1. The van der Waals surface area contributed by atoms with Gasteiger partial charge in [0.1, 0.15) is 12.4 Å². The smallest absolute Gasteiger partial charge is 0.275 e.